The van der Waals surface area contributed by atoms with Crippen LogP contribution in [0.5, 0.6) is 11.5 Å². The van der Waals surface area contributed by atoms with E-state index in [0.717, 1.165) is 41.0 Å². The van der Waals surface area contributed by atoms with Crippen molar-refractivity contribution in [3.05, 3.63) is 59.2 Å². The van der Waals surface area contributed by atoms with Gasteiger partial charge < -0.3 is 19.7 Å². The zero-order valence-electron chi connectivity index (χ0n) is 20.1. The van der Waals surface area contributed by atoms with Crippen molar-refractivity contribution in [1.29, 1.82) is 0 Å². The highest BCUT2D eigenvalue weighted by Gasteiger charge is 2.28. The summed E-state index contributed by atoms with van der Waals surface area (Å²) in [4.78, 5) is 28.1. The largest absolute Gasteiger partial charge is 0.486 e. The first-order valence-corrected chi connectivity index (χ1v) is 12.0. The maximum Gasteiger partial charge on any atom is 0.242 e. The molecule has 33 heavy (non-hydrogen) atoms. The van der Waals surface area contributed by atoms with Crippen LogP contribution < -0.4 is 14.8 Å². The fraction of sp³-hybridized carbons (Fsp3) is 0.481. The first-order chi connectivity index (χ1) is 16.0. The number of carbonyl (C=O) groups excluding carboxylic acids is 2. The maximum atomic E-state index is 13.4. The van der Waals surface area contributed by atoms with E-state index < -0.39 is 6.04 Å². The molecule has 1 heterocycles. The van der Waals surface area contributed by atoms with E-state index in [0.29, 0.717) is 45.6 Å². The van der Waals surface area contributed by atoms with Gasteiger partial charge in [0.1, 0.15) is 19.3 Å². The highest BCUT2D eigenvalue weighted by molar-refractivity contribution is 5.87. The lowest BCUT2D eigenvalue weighted by Crippen LogP contribution is -2.49. The smallest absolute Gasteiger partial charge is 0.242 e. The van der Waals surface area contributed by atoms with Gasteiger partial charge in [0.25, 0.3) is 0 Å². The third-order valence-electron chi connectivity index (χ3n) is 5.89. The molecule has 0 saturated heterocycles. The predicted octanol–water partition coefficient (Wildman–Crippen LogP) is 4.42. The van der Waals surface area contributed by atoms with Crippen LogP contribution in [0, 0.1) is 6.92 Å². The van der Waals surface area contributed by atoms with E-state index in [4.69, 9.17) is 9.47 Å². The quantitative estimate of drug-likeness (QED) is 0.513. The molecule has 0 aliphatic carbocycles. The van der Waals surface area contributed by atoms with Crippen LogP contribution >= 0.6 is 0 Å². The number of nitrogens with zero attached hydrogens (tertiary/aromatic N) is 1. The van der Waals surface area contributed by atoms with Gasteiger partial charge in [-0.1, -0.05) is 56.2 Å². The van der Waals surface area contributed by atoms with Crippen molar-refractivity contribution in [1.82, 2.24) is 10.2 Å². The lowest BCUT2D eigenvalue weighted by atomic mass is 10.0. The molecule has 1 aliphatic heterocycles. The Hall–Kier alpha value is -3.02. The Morgan fingerprint density at radius 2 is 1.82 bits per heavy atom. The summed E-state index contributed by atoms with van der Waals surface area (Å²) in [5.74, 6) is 1.37. The molecule has 2 aromatic rings. The van der Waals surface area contributed by atoms with Gasteiger partial charge in [0.2, 0.25) is 11.8 Å². The number of rotatable bonds is 11. The minimum atomic E-state index is -0.491. The molecule has 0 spiro atoms. The first kappa shape index (κ1) is 24.6. The summed E-state index contributed by atoms with van der Waals surface area (Å²) in [6.45, 7) is 8.22. The fourth-order valence-electron chi connectivity index (χ4n) is 4.07. The number of hydrogen-bond donors (Lipinski definition) is 1. The molecule has 0 fully saturated rings. The summed E-state index contributed by atoms with van der Waals surface area (Å²) in [6.07, 6.45) is 3.41. The van der Waals surface area contributed by atoms with Crippen molar-refractivity contribution in [2.45, 2.75) is 65.5 Å². The number of nitrogens with one attached hydrogen (secondary N) is 1. The van der Waals surface area contributed by atoms with Gasteiger partial charge >= 0.3 is 0 Å². The molecular weight excluding hydrogens is 416 g/mol. The highest BCUT2D eigenvalue weighted by Crippen LogP contribution is 2.31. The SMILES string of the molecule is CCCCNC(=O)[C@@H](CC)N(Cc1cccc(C)c1)C(=O)CCc1ccc2c(c1)OCCO2. The number of aryl methyl sites for hydroxylation is 2. The van der Waals surface area contributed by atoms with E-state index >= 15 is 0 Å². The minimum Gasteiger partial charge on any atom is -0.486 e. The molecule has 6 nitrogen and oxygen atoms in total. The van der Waals surface area contributed by atoms with Gasteiger partial charge in [-0.05, 0) is 49.4 Å². The maximum absolute atomic E-state index is 13.4. The Labute approximate surface area is 197 Å². The molecule has 178 valence electrons. The molecule has 0 aromatic heterocycles. The number of carbonyl (C=O) groups is 2. The third-order valence-corrected chi connectivity index (χ3v) is 5.89. The van der Waals surface area contributed by atoms with Crippen molar-refractivity contribution in [2.75, 3.05) is 19.8 Å². The predicted molar refractivity (Wildman–Crippen MR) is 129 cm³/mol. The van der Waals surface area contributed by atoms with Crippen molar-refractivity contribution >= 4 is 11.8 Å². The second-order valence-corrected chi connectivity index (χ2v) is 8.56. The molecule has 0 saturated carbocycles. The molecule has 0 bridgehead atoms. The monoisotopic (exact) mass is 452 g/mol. The summed E-state index contributed by atoms with van der Waals surface area (Å²) in [6, 6.07) is 13.4. The first-order valence-electron chi connectivity index (χ1n) is 12.0. The summed E-state index contributed by atoms with van der Waals surface area (Å²) < 4.78 is 11.3. The Morgan fingerprint density at radius 3 is 2.55 bits per heavy atom. The lowest BCUT2D eigenvalue weighted by Gasteiger charge is -2.31. The Morgan fingerprint density at radius 1 is 1.03 bits per heavy atom. The molecule has 1 aliphatic rings. The van der Waals surface area contributed by atoms with E-state index in [9.17, 15) is 9.59 Å². The minimum absolute atomic E-state index is 0.0242. The van der Waals surface area contributed by atoms with E-state index in [2.05, 4.69) is 18.3 Å². The number of ether oxygens (including phenoxy) is 2. The van der Waals surface area contributed by atoms with Crippen LogP contribution in [0.2, 0.25) is 0 Å². The third kappa shape index (κ3) is 6.98. The van der Waals surface area contributed by atoms with Crippen molar-refractivity contribution in [3.63, 3.8) is 0 Å². The molecule has 0 unspecified atom stereocenters. The highest BCUT2D eigenvalue weighted by atomic mass is 16.6. The summed E-state index contributed by atoms with van der Waals surface area (Å²) in [5, 5.41) is 3.01. The van der Waals surface area contributed by atoms with Gasteiger partial charge in [-0.25, -0.2) is 0 Å². The van der Waals surface area contributed by atoms with Crippen molar-refractivity contribution in [3.8, 4) is 11.5 Å². The summed E-state index contributed by atoms with van der Waals surface area (Å²) >= 11 is 0. The second kappa shape index (κ2) is 12.3. The van der Waals surface area contributed by atoms with Crippen LogP contribution in [0.25, 0.3) is 0 Å². The molecule has 3 rings (SSSR count). The second-order valence-electron chi connectivity index (χ2n) is 8.56. The van der Waals surface area contributed by atoms with Crippen molar-refractivity contribution < 1.29 is 19.1 Å². The molecule has 0 radical (unpaired) electrons. The Kier molecular flexibility index (Phi) is 9.16. The summed E-state index contributed by atoms with van der Waals surface area (Å²) in [7, 11) is 0. The van der Waals surface area contributed by atoms with Gasteiger partial charge in [0.15, 0.2) is 11.5 Å². The van der Waals surface area contributed by atoms with Crippen LogP contribution in [0.1, 0.15) is 56.2 Å². The lowest BCUT2D eigenvalue weighted by molar-refractivity contribution is -0.141. The van der Waals surface area contributed by atoms with Gasteiger partial charge in [-0.2, -0.15) is 0 Å². The van der Waals surface area contributed by atoms with Gasteiger partial charge in [-0.3, -0.25) is 9.59 Å². The fourth-order valence-corrected chi connectivity index (χ4v) is 4.07. The van der Waals surface area contributed by atoms with Gasteiger partial charge in [-0.15, -0.1) is 0 Å². The van der Waals surface area contributed by atoms with E-state index in [1.807, 2.05) is 50.2 Å². The average molecular weight is 453 g/mol. The molecule has 2 aromatic carbocycles. The summed E-state index contributed by atoms with van der Waals surface area (Å²) in [5.41, 5.74) is 3.18. The van der Waals surface area contributed by atoms with Gasteiger partial charge in [0.05, 0.1) is 0 Å². The number of unbranched alkanes of at least 4 members (excludes halogenated alkanes) is 1. The molecule has 6 heteroatoms. The molecule has 1 N–H and O–H groups in total. The standard InChI is InChI=1S/C27H36N2O4/c1-4-6-14-28-27(31)23(5-2)29(19-22-9-7-8-20(3)17-22)26(30)13-11-21-10-12-24-25(18-21)33-16-15-32-24/h7-10,12,17-18,23H,4-6,11,13-16,19H2,1-3H3,(H,28,31)/t23-/m1/s1. The van der Waals surface area contributed by atoms with Crippen LogP contribution in [-0.4, -0.2) is 42.5 Å². The topological polar surface area (TPSA) is 67.9 Å². The number of amides is 2. The van der Waals surface area contributed by atoms with Crippen molar-refractivity contribution in [2.24, 2.45) is 0 Å². The van der Waals surface area contributed by atoms with E-state index in [1.165, 1.54) is 0 Å². The normalized spacial score (nSPS) is 13.3. The Balaban J connectivity index is 1.73. The van der Waals surface area contributed by atoms with Crippen LogP contribution in [0.15, 0.2) is 42.5 Å². The average Bonchev–Trinajstić information content (AvgIpc) is 2.82. The van der Waals surface area contributed by atoms with Crippen LogP contribution in [0.3, 0.4) is 0 Å². The molecular formula is C27H36N2O4. The van der Waals surface area contributed by atoms with Gasteiger partial charge in [0, 0.05) is 19.5 Å². The number of benzene rings is 2. The Bertz CT molecular complexity index is 943. The van der Waals surface area contributed by atoms with Crippen LogP contribution in [0.4, 0.5) is 0 Å². The van der Waals surface area contributed by atoms with E-state index in [1.54, 1.807) is 4.90 Å². The number of hydrogen-bond acceptors (Lipinski definition) is 4. The number of fused-ring (bicyclic) bond motifs is 1. The molecule has 1 atom stereocenters. The van der Waals surface area contributed by atoms with Crippen LogP contribution in [-0.2, 0) is 22.6 Å². The van der Waals surface area contributed by atoms with E-state index in [-0.39, 0.29) is 11.8 Å². The zero-order chi connectivity index (χ0) is 23.6. The molecule has 2 amide bonds. The zero-order valence-corrected chi connectivity index (χ0v) is 20.1.